The topological polar surface area (TPSA) is 91.6 Å². The number of carboxylic acids is 1. The molecule has 1 aliphatic carbocycles. The number of nitrogens with one attached hydrogen (secondary N) is 1. The molecule has 0 aliphatic heterocycles. The average Bonchev–Trinajstić information content (AvgIpc) is 3.12. The molecular formula is C12H15ClN2O4. The second kappa shape index (κ2) is 5.63. The molecule has 0 radical (unpaired) electrons. The highest BCUT2D eigenvalue weighted by atomic mass is 35.5. The van der Waals surface area contributed by atoms with Crippen LogP contribution < -0.4 is 5.32 Å². The predicted molar refractivity (Wildman–Crippen MR) is 68.3 cm³/mol. The Balaban J connectivity index is 1.91. The molecule has 0 spiro atoms. The van der Waals surface area contributed by atoms with Crippen molar-refractivity contribution in [3.05, 3.63) is 23.0 Å². The Morgan fingerprint density at radius 2 is 2.21 bits per heavy atom. The van der Waals surface area contributed by atoms with Gasteiger partial charge in [-0.15, -0.1) is 0 Å². The van der Waals surface area contributed by atoms with Gasteiger partial charge in [0.1, 0.15) is 5.69 Å². The first-order chi connectivity index (χ1) is 8.99. The lowest BCUT2D eigenvalue weighted by atomic mass is 10.2. The highest BCUT2D eigenvalue weighted by Gasteiger charge is 2.27. The van der Waals surface area contributed by atoms with Gasteiger partial charge >= 0.3 is 5.97 Å². The number of halogens is 1. The molecule has 2 rings (SSSR count). The minimum atomic E-state index is -1.46. The highest BCUT2D eigenvalue weighted by Crippen LogP contribution is 2.37. The molecule has 6 nitrogen and oxygen atoms in total. The number of aromatic nitrogens is 1. The maximum atomic E-state index is 11.9. The van der Waals surface area contributed by atoms with Gasteiger partial charge in [0, 0.05) is 25.2 Å². The van der Waals surface area contributed by atoms with Crippen LogP contribution in [-0.2, 0) is 4.79 Å². The van der Waals surface area contributed by atoms with Crippen molar-refractivity contribution in [2.24, 2.45) is 0 Å². The van der Waals surface area contributed by atoms with Crippen molar-refractivity contribution in [3.63, 3.8) is 0 Å². The maximum Gasteiger partial charge on any atom is 0.332 e. The van der Waals surface area contributed by atoms with Crippen molar-refractivity contribution in [1.82, 2.24) is 9.88 Å². The van der Waals surface area contributed by atoms with Crippen LogP contribution >= 0.6 is 11.6 Å². The van der Waals surface area contributed by atoms with Gasteiger partial charge in [-0.05, 0) is 18.9 Å². The molecule has 1 aliphatic rings. The fourth-order valence-electron chi connectivity index (χ4n) is 1.82. The van der Waals surface area contributed by atoms with Gasteiger partial charge in [-0.2, -0.15) is 0 Å². The minimum Gasteiger partial charge on any atom is -0.479 e. The van der Waals surface area contributed by atoms with Crippen LogP contribution in [0.4, 0.5) is 0 Å². The van der Waals surface area contributed by atoms with Gasteiger partial charge in [-0.1, -0.05) is 11.6 Å². The number of rotatable bonds is 6. The lowest BCUT2D eigenvalue weighted by molar-refractivity contribution is -0.146. The van der Waals surface area contributed by atoms with Crippen LogP contribution in [0.15, 0.2) is 12.3 Å². The molecule has 1 heterocycles. The fraction of sp³-hybridized carbons (Fsp3) is 0.500. The van der Waals surface area contributed by atoms with Crippen LogP contribution in [0.25, 0.3) is 0 Å². The van der Waals surface area contributed by atoms with Crippen molar-refractivity contribution in [2.45, 2.75) is 31.4 Å². The number of carbonyl (C=O) groups excluding carboxylic acids is 1. The molecule has 1 saturated carbocycles. The van der Waals surface area contributed by atoms with E-state index in [0.717, 1.165) is 12.8 Å². The van der Waals surface area contributed by atoms with E-state index in [1.54, 1.807) is 12.3 Å². The summed E-state index contributed by atoms with van der Waals surface area (Å²) in [4.78, 5) is 22.4. The number of aliphatic hydroxyl groups is 1. The normalized spacial score (nSPS) is 16.1. The summed E-state index contributed by atoms with van der Waals surface area (Å²) < 4.78 is 1.84. The van der Waals surface area contributed by atoms with Gasteiger partial charge < -0.3 is 20.1 Å². The first-order valence-electron chi connectivity index (χ1n) is 6.05. The molecule has 104 valence electrons. The Morgan fingerprint density at radius 3 is 2.79 bits per heavy atom. The summed E-state index contributed by atoms with van der Waals surface area (Å²) >= 11 is 5.89. The Hall–Kier alpha value is -1.53. The van der Waals surface area contributed by atoms with Crippen molar-refractivity contribution in [2.75, 3.05) is 6.54 Å². The third-order valence-corrected chi connectivity index (χ3v) is 3.18. The standard InChI is InChI=1S/C12H15ClN2O4/c13-7-5-9(15(6-7)8-1-2-8)11(17)14-4-3-10(16)12(18)19/h5-6,8,10,16H,1-4H2,(H,14,17)(H,18,19). The summed E-state index contributed by atoms with van der Waals surface area (Å²) in [5.74, 6) is -1.60. The van der Waals surface area contributed by atoms with Crippen molar-refractivity contribution in [3.8, 4) is 0 Å². The van der Waals surface area contributed by atoms with Gasteiger partial charge in [0.05, 0.1) is 5.02 Å². The van der Waals surface area contributed by atoms with E-state index in [4.69, 9.17) is 21.8 Å². The van der Waals surface area contributed by atoms with Gasteiger partial charge in [-0.25, -0.2) is 4.79 Å². The first-order valence-corrected chi connectivity index (χ1v) is 6.43. The van der Waals surface area contributed by atoms with E-state index in [-0.39, 0.29) is 18.9 Å². The summed E-state index contributed by atoms with van der Waals surface area (Å²) in [5.41, 5.74) is 0.470. The number of amides is 1. The quantitative estimate of drug-likeness (QED) is 0.729. The number of carbonyl (C=O) groups is 2. The lowest BCUT2D eigenvalue weighted by Gasteiger charge is -2.09. The zero-order valence-corrected chi connectivity index (χ0v) is 10.9. The number of aliphatic hydroxyl groups excluding tert-OH is 1. The van der Waals surface area contributed by atoms with E-state index in [0.29, 0.717) is 16.8 Å². The number of carboxylic acid groups (broad SMARTS) is 1. The summed E-state index contributed by atoms with van der Waals surface area (Å²) in [7, 11) is 0. The summed E-state index contributed by atoms with van der Waals surface area (Å²) in [6.07, 6.45) is 2.30. The van der Waals surface area contributed by atoms with E-state index in [2.05, 4.69) is 5.32 Å². The molecule has 1 atom stereocenters. The molecule has 1 aromatic rings. The van der Waals surface area contributed by atoms with Crippen LogP contribution in [0, 0.1) is 0 Å². The molecule has 3 N–H and O–H groups in total. The van der Waals surface area contributed by atoms with E-state index < -0.39 is 12.1 Å². The SMILES string of the molecule is O=C(NCCC(O)C(=O)O)c1cc(Cl)cn1C1CC1. The molecule has 1 unspecified atom stereocenters. The van der Waals surface area contributed by atoms with E-state index in [1.165, 1.54) is 0 Å². The first kappa shape index (κ1) is 13.9. The van der Waals surface area contributed by atoms with Gasteiger partial charge in [0.25, 0.3) is 5.91 Å². The van der Waals surface area contributed by atoms with E-state index in [1.807, 2.05) is 4.57 Å². The zero-order chi connectivity index (χ0) is 14.0. The smallest absolute Gasteiger partial charge is 0.332 e. The van der Waals surface area contributed by atoms with Gasteiger partial charge in [0.2, 0.25) is 0 Å². The third kappa shape index (κ3) is 3.48. The molecule has 0 aromatic carbocycles. The molecular weight excluding hydrogens is 272 g/mol. The molecule has 7 heteroatoms. The molecule has 0 saturated heterocycles. The summed E-state index contributed by atoms with van der Waals surface area (Å²) in [5, 5.41) is 20.7. The van der Waals surface area contributed by atoms with Crippen LogP contribution in [0.2, 0.25) is 5.02 Å². The van der Waals surface area contributed by atoms with Crippen LogP contribution in [-0.4, -0.2) is 39.3 Å². The Labute approximate surface area is 115 Å². The molecule has 1 fully saturated rings. The highest BCUT2D eigenvalue weighted by molar-refractivity contribution is 6.31. The fourth-order valence-corrected chi connectivity index (χ4v) is 2.03. The Morgan fingerprint density at radius 1 is 1.53 bits per heavy atom. The molecule has 1 aromatic heterocycles. The number of nitrogens with zero attached hydrogens (tertiary/aromatic N) is 1. The maximum absolute atomic E-state index is 11.9. The largest absolute Gasteiger partial charge is 0.479 e. The monoisotopic (exact) mass is 286 g/mol. The molecule has 19 heavy (non-hydrogen) atoms. The van der Waals surface area contributed by atoms with Crippen LogP contribution in [0.1, 0.15) is 35.8 Å². The van der Waals surface area contributed by atoms with Crippen LogP contribution in [0.5, 0.6) is 0 Å². The molecule has 0 bridgehead atoms. The summed E-state index contributed by atoms with van der Waals surface area (Å²) in [6, 6.07) is 1.92. The average molecular weight is 287 g/mol. The van der Waals surface area contributed by atoms with Crippen molar-refractivity contribution < 1.29 is 19.8 Å². The number of aliphatic carboxylic acids is 1. The Kier molecular flexibility index (Phi) is 4.11. The van der Waals surface area contributed by atoms with Crippen molar-refractivity contribution >= 4 is 23.5 Å². The third-order valence-electron chi connectivity index (χ3n) is 2.98. The summed E-state index contributed by atoms with van der Waals surface area (Å²) in [6.45, 7) is 0.0970. The van der Waals surface area contributed by atoms with E-state index >= 15 is 0 Å². The Bertz CT molecular complexity index is 496. The predicted octanol–water partition coefficient (Wildman–Crippen LogP) is 1.04. The zero-order valence-electron chi connectivity index (χ0n) is 10.2. The van der Waals surface area contributed by atoms with Crippen LogP contribution in [0.3, 0.4) is 0 Å². The van der Waals surface area contributed by atoms with E-state index in [9.17, 15) is 9.59 Å². The van der Waals surface area contributed by atoms with Gasteiger partial charge in [-0.3, -0.25) is 4.79 Å². The number of hydrogen-bond donors (Lipinski definition) is 3. The second-order valence-corrected chi connectivity index (χ2v) is 5.02. The lowest BCUT2D eigenvalue weighted by Crippen LogP contribution is -2.31. The number of hydrogen-bond acceptors (Lipinski definition) is 3. The van der Waals surface area contributed by atoms with Crippen molar-refractivity contribution in [1.29, 1.82) is 0 Å². The molecule has 1 amide bonds. The second-order valence-electron chi connectivity index (χ2n) is 4.58. The minimum absolute atomic E-state index is 0.0288. The van der Waals surface area contributed by atoms with Gasteiger partial charge in [0.15, 0.2) is 6.10 Å².